The fraction of sp³-hybridized carbons (Fsp3) is 0.533. The number of rotatable bonds is 3. The zero-order valence-corrected chi connectivity index (χ0v) is 13.8. The Labute approximate surface area is 131 Å². The van der Waals surface area contributed by atoms with Gasteiger partial charge in [-0.1, -0.05) is 19.1 Å². The second kappa shape index (κ2) is 7.91. The van der Waals surface area contributed by atoms with E-state index in [2.05, 4.69) is 24.5 Å². The number of benzene rings is 1. The van der Waals surface area contributed by atoms with Gasteiger partial charge in [0.15, 0.2) is 0 Å². The van der Waals surface area contributed by atoms with Crippen LogP contribution < -0.4 is 10.6 Å². The van der Waals surface area contributed by atoms with Crippen LogP contribution in [-0.2, 0) is 0 Å². The van der Waals surface area contributed by atoms with Gasteiger partial charge in [-0.15, -0.1) is 24.2 Å². The molecule has 112 valence electrons. The molecule has 0 spiro atoms. The van der Waals surface area contributed by atoms with Crippen LogP contribution in [0.3, 0.4) is 0 Å². The SMILES string of the molecule is CSc1ccccc1C(=O)NC1C(C)CCNC1C.Cl. The molecule has 20 heavy (non-hydrogen) atoms. The van der Waals surface area contributed by atoms with Crippen LogP contribution in [0, 0.1) is 5.92 Å². The van der Waals surface area contributed by atoms with Crippen LogP contribution in [0.1, 0.15) is 30.6 Å². The Hall–Kier alpha value is -0.710. The fourth-order valence-electron chi connectivity index (χ4n) is 2.67. The number of halogens is 1. The Morgan fingerprint density at radius 2 is 2.05 bits per heavy atom. The van der Waals surface area contributed by atoms with E-state index >= 15 is 0 Å². The number of piperidine rings is 1. The molecule has 0 saturated carbocycles. The lowest BCUT2D eigenvalue weighted by molar-refractivity contribution is 0.0894. The molecule has 1 aromatic rings. The molecular weight excluding hydrogens is 292 g/mol. The normalized spacial score (nSPS) is 25.6. The fourth-order valence-corrected chi connectivity index (χ4v) is 3.26. The van der Waals surface area contributed by atoms with Gasteiger partial charge in [-0.3, -0.25) is 4.79 Å². The summed E-state index contributed by atoms with van der Waals surface area (Å²) in [4.78, 5) is 13.5. The van der Waals surface area contributed by atoms with Gasteiger partial charge in [0.2, 0.25) is 0 Å². The summed E-state index contributed by atoms with van der Waals surface area (Å²) in [6, 6.07) is 8.31. The van der Waals surface area contributed by atoms with E-state index in [-0.39, 0.29) is 24.4 Å². The van der Waals surface area contributed by atoms with E-state index in [9.17, 15) is 4.79 Å². The lowest BCUT2D eigenvalue weighted by atomic mass is 9.89. The summed E-state index contributed by atoms with van der Waals surface area (Å²) in [7, 11) is 0. The summed E-state index contributed by atoms with van der Waals surface area (Å²) in [5.41, 5.74) is 0.778. The number of hydrogen-bond donors (Lipinski definition) is 2. The van der Waals surface area contributed by atoms with E-state index < -0.39 is 0 Å². The average molecular weight is 315 g/mol. The van der Waals surface area contributed by atoms with E-state index in [0.29, 0.717) is 12.0 Å². The highest BCUT2D eigenvalue weighted by Gasteiger charge is 2.29. The van der Waals surface area contributed by atoms with Crippen LogP contribution in [0.15, 0.2) is 29.2 Å². The first kappa shape index (κ1) is 17.3. The molecule has 1 aliphatic rings. The highest BCUT2D eigenvalue weighted by molar-refractivity contribution is 7.98. The van der Waals surface area contributed by atoms with Gasteiger partial charge in [-0.25, -0.2) is 0 Å². The minimum absolute atomic E-state index is 0. The summed E-state index contributed by atoms with van der Waals surface area (Å²) in [6.07, 6.45) is 3.11. The van der Waals surface area contributed by atoms with E-state index in [4.69, 9.17) is 0 Å². The van der Waals surface area contributed by atoms with Crippen LogP contribution in [0.4, 0.5) is 0 Å². The van der Waals surface area contributed by atoms with Gasteiger partial charge in [-0.05, 0) is 44.2 Å². The van der Waals surface area contributed by atoms with Crippen molar-refractivity contribution < 1.29 is 4.79 Å². The summed E-state index contributed by atoms with van der Waals surface area (Å²) in [5.74, 6) is 0.555. The predicted molar refractivity (Wildman–Crippen MR) is 88.0 cm³/mol. The molecule has 1 aromatic carbocycles. The summed E-state index contributed by atoms with van der Waals surface area (Å²) in [6.45, 7) is 5.39. The third kappa shape index (κ3) is 3.90. The summed E-state index contributed by atoms with van der Waals surface area (Å²) < 4.78 is 0. The average Bonchev–Trinajstić information content (AvgIpc) is 2.42. The lowest BCUT2D eigenvalue weighted by Gasteiger charge is -2.36. The quantitative estimate of drug-likeness (QED) is 0.843. The maximum atomic E-state index is 12.4. The third-order valence-corrected chi connectivity index (χ3v) is 4.66. The van der Waals surface area contributed by atoms with Crippen molar-refractivity contribution in [1.82, 2.24) is 10.6 Å². The monoisotopic (exact) mass is 314 g/mol. The zero-order chi connectivity index (χ0) is 13.8. The van der Waals surface area contributed by atoms with Crippen LogP contribution in [0.5, 0.6) is 0 Å². The molecule has 3 nitrogen and oxygen atoms in total. The van der Waals surface area contributed by atoms with Gasteiger partial charge < -0.3 is 10.6 Å². The standard InChI is InChI=1S/C15H22N2OS.ClH/c1-10-8-9-16-11(2)14(10)17-15(18)12-6-4-5-7-13(12)19-3;/h4-7,10-11,14,16H,8-9H2,1-3H3,(H,17,18);1H. The number of hydrogen-bond acceptors (Lipinski definition) is 3. The van der Waals surface area contributed by atoms with Gasteiger partial charge >= 0.3 is 0 Å². The van der Waals surface area contributed by atoms with Crippen molar-refractivity contribution in [3.63, 3.8) is 0 Å². The molecule has 2 N–H and O–H groups in total. The van der Waals surface area contributed by atoms with Gasteiger partial charge in [0, 0.05) is 17.0 Å². The summed E-state index contributed by atoms with van der Waals surface area (Å²) >= 11 is 1.61. The first-order chi connectivity index (χ1) is 9.13. The van der Waals surface area contributed by atoms with Crippen LogP contribution in [0.25, 0.3) is 0 Å². The predicted octanol–water partition coefficient (Wildman–Crippen LogP) is 2.95. The minimum atomic E-state index is 0. The topological polar surface area (TPSA) is 41.1 Å². The number of amides is 1. The molecular formula is C15H23ClN2OS. The van der Waals surface area contributed by atoms with Crippen molar-refractivity contribution in [3.05, 3.63) is 29.8 Å². The molecule has 1 heterocycles. The maximum absolute atomic E-state index is 12.4. The smallest absolute Gasteiger partial charge is 0.252 e. The zero-order valence-electron chi connectivity index (χ0n) is 12.2. The highest BCUT2D eigenvalue weighted by atomic mass is 35.5. The molecule has 5 heteroatoms. The molecule has 0 bridgehead atoms. The van der Waals surface area contributed by atoms with Crippen molar-refractivity contribution in [2.45, 2.75) is 37.2 Å². The maximum Gasteiger partial charge on any atom is 0.252 e. The summed E-state index contributed by atoms with van der Waals surface area (Å²) in [5, 5.41) is 6.62. The third-order valence-electron chi connectivity index (χ3n) is 3.87. The number of nitrogens with one attached hydrogen (secondary N) is 2. The van der Waals surface area contributed by atoms with Gasteiger partial charge in [0.25, 0.3) is 5.91 Å². The Morgan fingerprint density at radius 3 is 2.70 bits per heavy atom. The van der Waals surface area contributed by atoms with Crippen LogP contribution >= 0.6 is 24.2 Å². The molecule has 1 saturated heterocycles. The number of thioether (sulfide) groups is 1. The Bertz CT molecular complexity index is 445. The molecule has 3 unspecified atom stereocenters. The molecule has 3 atom stereocenters. The number of carbonyl (C=O) groups is 1. The van der Waals surface area contributed by atoms with Crippen molar-refractivity contribution in [2.75, 3.05) is 12.8 Å². The first-order valence-corrected chi connectivity index (χ1v) is 8.03. The van der Waals surface area contributed by atoms with Crippen LogP contribution in [-0.4, -0.2) is 30.8 Å². The van der Waals surface area contributed by atoms with E-state index in [1.54, 1.807) is 11.8 Å². The molecule has 0 aliphatic carbocycles. The number of carbonyl (C=O) groups excluding carboxylic acids is 1. The molecule has 0 aromatic heterocycles. The van der Waals surface area contributed by atoms with Gasteiger partial charge in [0.1, 0.15) is 0 Å². The van der Waals surface area contributed by atoms with Crippen molar-refractivity contribution in [3.8, 4) is 0 Å². The largest absolute Gasteiger partial charge is 0.347 e. The van der Waals surface area contributed by atoms with Gasteiger partial charge in [0.05, 0.1) is 5.56 Å². The van der Waals surface area contributed by atoms with Crippen molar-refractivity contribution >= 4 is 30.1 Å². The van der Waals surface area contributed by atoms with E-state index in [1.807, 2.05) is 30.5 Å². The highest BCUT2D eigenvalue weighted by Crippen LogP contribution is 2.21. The van der Waals surface area contributed by atoms with E-state index in [0.717, 1.165) is 23.4 Å². The molecule has 2 rings (SSSR count). The molecule has 1 aliphatic heterocycles. The Kier molecular flexibility index (Phi) is 6.86. The van der Waals surface area contributed by atoms with Crippen LogP contribution in [0.2, 0.25) is 0 Å². The molecule has 1 fully saturated rings. The second-order valence-corrected chi connectivity index (χ2v) is 6.06. The second-order valence-electron chi connectivity index (χ2n) is 5.21. The lowest BCUT2D eigenvalue weighted by Crippen LogP contribution is -2.55. The Morgan fingerprint density at radius 1 is 1.35 bits per heavy atom. The Balaban J connectivity index is 0.00000200. The molecule has 1 amide bonds. The minimum Gasteiger partial charge on any atom is -0.347 e. The van der Waals surface area contributed by atoms with Crippen molar-refractivity contribution in [2.24, 2.45) is 5.92 Å². The first-order valence-electron chi connectivity index (χ1n) is 6.80. The van der Waals surface area contributed by atoms with Gasteiger partial charge in [-0.2, -0.15) is 0 Å². The van der Waals surface area contributed by atoms with Crippen molar-refractivity contribution in [1.29, 1.82) is 0 Å². The molecule has 0 radical (unpaired) electrons. The van der Waals surface area contributed by atoms with E-state index in [1.165, 1.54) is 0 Å².